The molecule has 0 aliphatic carbocycles. The first-order valence-electron chi connectivity index (χ1n) is 6.15. The van der Waals surface area contributed by atoms with Crippen LogP contribution in [0.1, 0.15) is 30.6 Å². The number of para-hydroxylation sites is 1. The maximum atomic E-state index is 5.56. The number of benzene rings is 1. The van der Waals surface area contributed by atoms with Crippen LogP contribution in [0.4, 0.5) is 0 Å². The van der Waals surface area contributed by atoms with Crippen LogP contribution in [0.3, 0.4) is 0 Å². The maximum Gasteiger partial charge on any atom is 0.243 e. The Kier molecular flexibility index (Phi) is 3.23. The lowest BCUT2D eigenvalue weighted by atomic mass is 10.2. The van der Waals surface area contributed by atoms with Crippen LogP contribution in [0.2, 0.25) is 0 Å². The summed E-state index contributed by atoms with van der Waals surface area (Å²) in [5, 5.41) is 7.25. The van der Waals surface area contributed by atoms with Crippen molar-refractivity contribution in [1.82, 2.24) is 15.5 Å². The van der Waals surface area contributed by atoms with E-state index in [1.165, 1.54) is 0 Å². The lowest BCUT2D eigenvalue weighted by molar-refractivity contribution is 0.283. The second-order valence-electron chi connectivity index (χ2n) is 4.30. The quantitative estimate of drug-likeness (QED) is 0.893. The van der Waals surface area contributed by atoms with E-state index in [0.29, 0.717) is 18.3 Å². The van der Waals surface area contributed by atoms with Crippen molar-refractivity contribution in [2.75, 3.05) is 6.54 Å². The molecule has 3 rings (SSSR count). The summed E-state index contributed by atoms with van der Waals surface area (Å²) < 4.78 is 10.8. The number of hydrogen-bond donors (Lipinski definition) is 1. The Labute approximate surface area is 105 Å². The average Bonchev–Trinajstić information content (AvgIpc) is 3.08. The molecule has 5 nitrogen and oxygen atoms in total. The van der Waals surface area contributed by atoms with E-state index >= 15 is 0 Å². The highest BCUT2D eigenvalue weighted by molar-refractivity contribution is 5.20. The molecule has 1 atom stereocenters. The van der Waals surface area contributed by atoms with Crippen LogP contribution < -0.4 is 10.1 Å². The molecule has 18 heavy (non-hydrogen) atoms. The van der Waals surface area contributed by atoms with Crippen LogP contribution in [0.15, 0.2) is 34.9 Å². The van der Waals surface area contributed by atoms with E-state index in [2.05, 4.69) is 15.5 Å². The molecule has 0 saturated carbocycles. The van der Waals surface area contributed by atoms with Crippen molar-refractivity contribution in [3.05, 3.63) is 42.0 Å². The second kappa shape index (κ2) is 5.18. The van der Waals surface area contributed by atoms with E-state index in [1.807, 2.05) is 30.3 Å². The standard InChI is InChI=1S/C13H15N3O2/c1-2-5-10(6-3-1)17-9-12-15-13(18-16-12)11-7-4-8-14-11/h1-3,5-6,11,14H,4,7-9H2. The minimum Gasteiger partial charge on any atom is -0.485 e. The number of nitrogens with zero attached hydrogens (tertiary/aromatic N) is 2. The monoisotopic (exact) mass is 245 g/mol. The van der Waals surface area contributed by atoms with Crippen molar-refractivity contribution < 1.29 is 9.26 Å². The first-order valence-corrected chi connectivity index (χ1v) is 6.15. The van der Waals surface area contributed by atoms with Gasteiger partial charge in [0.1, 0.15) is 5.75 Å². The molecule has 1 aromatic heterocycles. The topological polar surface area (TPSA) is 60.2 Å². The van der Waals surface area contributed by atoms with E-state index < -0.39 is 0 Å². The lowest BCUT2D eigenvalue weighted by Gasteiger charge is -2.02. The highest BCUT2D eigenvalue weighted by Crippen LogP contribution is 2.21. The Morgan fingerprint density at radius 1 is 1.33 bits per heavy atom. The van der Waals surface area contributed by atoms with Gasteiger partial charge in [0.2, 0.25) is 11.7 Å². The van der Waals surface area contributed by atoms with E-state index in [-0.39, 0.29) is 6.04 Å². The zero-order chi connectivity index (χ0) is 12.2. The highest BCUT2D eigenvalue weighted by Gasteiger charge is 2.22. The van der Waals surface area contributed by atoms with Gasteiger partial charge < -0.3 is 14.6 Å². The smallest absolute Gasteiger partial charge is 0.243 e. The van der Waals surface area contributed by atoms with Crippen LogP contribution in [-0.2, 0) is 6.61 Å². The van der Waals surface area contributed by atoms with Gasteiger partial charge in [-0.1, -0.05) is 23.4 Å². The van der Waals surface area contributed by atoms with Gasteiger partial charge in [-0.15, -0.1) is 0 Å². The predicted octanol–water partition coefficient (Wildman–Crippen LogP) is 2.07. The van der Waals surface area contributed by atoms with Crippen LogP contribution >= 0.6 is 0 Å². The molecule has 1 fully saturated rings. The van der Waals surface area contributed by atoms with E-state index in [0.717, 1.165) is 25.1 Å². The number of aromatic nitrogens is 2. The van der Waals surface area contributed by atoms with Gasteiger partial charge in [-0.25, -0.2) is 0 Å². The third-order valence-corrected chi connectivity index (χ3v) is 2.95. The third-order valence-electron chi connectivity index (χ3n) is 2.95. The molecule has 1 aliphatic rings. The molecule has 0 amide bonds. The minimum atomic E-state index is 0.211. The van der Waals surface area contributed by atoms with Gasteiger partial charge in [-0.3, -0.25) is 0 Å². The van der Waals surface area contributed by atoms with E-state index in [4.69, 9.17) is 9.26 Å². The van der Waals surface area contributed by atoms with Crippen molar-refractivity contribution in [3.8, 4) is 5.75 Å². The SMILES string of the molecule is c1ccc(OCc2noc(C3CCCN3)n2)cc1. The molecule has 1 N–H and O–H groups in total. The van der Waals surface area contributed by atoms with Gasteiger partial charge in [-0.05, 0) is 31.5 Å². The molecule has 5 heteroatoms. The normalized spacial score (nSPS) is 19.0. The van der Waals surface area contributed by atoms with E-state index in [1.54, 1.807) is 0 Å². The van der Waals surface area contributed by atoms with Gasteiger partial charge in [-0.2, -0.15) is 4.98 Å². The number of nitrogens with one attached hydrogen (secondary N) is 1. The summed E-state index contributed by atoms with van der Waals surface area (Å²) in [6.07, 6.45) is 2.21. The fraction of sp³-hybridized carbons (Fsp3) is 0.385. The van der Waals surface area contributed by atoms with Crippen LogP contribution in [-0.4, -0.2) is 16.7 Å². The zero-order valence-electron chi connectivity index (χ0n) is 10.0. The molecule has 0 spiro atoms. The molecular formula is C13H15N3O2. The molecule has 0 radical (unpaired) electrons. The van der Waals surface area contributed by atoms with Gasteiger partial charge in [0.25, 0.3) is 0 Å². The van der Waals surface area contributed by atoms with Crippen LogP contribution in [0.25, 0.3) is 0 Å². The summed E-state index contributed by atoms with van der Waals surface area (Å²) in [6.45, 7) is 1.35. The maximum absolute atomic E-state index is 5.56. The Bertz CT molecular complexity index is 492. The van der Waals surface area contributed by atoms with Crippen molar-refractivity contribution in [3.63, 3.8) is 0 Å². The fourth-order valence-electron chi connectivity index (χ4n) is 2.03. The fourth-order valence-corrected chi connectivity index (χ4v) is 2.03. The zero-order valence-corrected chi connectivity index (χ0v) is 10.0. The Morgan fingerprint density at radius 2 is 2.22 bits per heavy atom. The molecule has 1 aliphatic heterocycles. The lowest BCUT2D eigenvalue weighted by Crippen LogP contribution is -2.13. The van der Waals surface area contributed by atoms with Crippen molar-refractivity contribution in [2.24, 2.45) is 0 Å². The van der Waals surface area contributed by atoms with Crippen molar-refractivity contribution >= 4 is 0 Å². The molecule has 2 heterocycles. The summed E-state index contributed by atoms with van der Waals surface area (Å²) in [7, 11) is 0. The molecule has 1 aromatic carbocycles. The van der Waals surface area contributed by atoms with E-state index in [9.17, 15) is 0 Å². The third kappa shape index (κ3) is 2.51. The summed E-state index contributed by atoms with van der Waals surface area (Å²) in [5.74, 6) is 2.06. The van der Waals surface area contributed by atoms with Gasteiger partial charge in [0.15, 0.2) is 6.61 Å². The number of hydrogen-bond acceptors (Lipinski definition) is 5. The number of ether oxygens (including phenoxy) is 1. The van der Waals surface area contributed by atoms with Crippen LogP contribution in [0.5, 0.6) is 5.75 Å². The van der Waals surface area contributed by atoms with Crippen molar-refractivity contribution in [1.29, 1.82) is 0 Å². The van der Waals surface area contributed by atoms with Gasteiger partial charge in [0, 0.05) is 0 Å². The summed E-state index contributed by atoms with van der Waals surface area (Å²) >= 11 is 0. The van der Waals surface area contributed by atoms with Gasteiger partial charge >= 0.3 is 0 Å². The number of rotatable bonds is 4. The molecule has 0 bridgehead atoms. The Morgan fingerprint density at radius 3 is 3.00 bits per heavy atom. The minimum absolute atomic E-state index is 0.211. The predicted molar refractivity (Wildman–Crippen MR) is 65.0 cm³/mol. The molecule has 2 aromatic rings. The molecule has 1 unspecified atom stereocenters. The first-order chi connectivity index (χ1) is 8.92. The van der Waals surface area contributed by atoms with Crippen molar-refractivity contribution in [2.45, 2.75) is 25.5 Å². The van der Waals surface area contributed by atoms with Gasteiger partial charge in [0.05, 0.1) is 6.04 Å². The Hall–Kier alpha value is -1.88. The molecule has 94 valence electrons. The second-order valence-corrected chi connectivity index (χ2v) is 4.30. The Balaban J connectivity index is 1.60. The highest BCUT2D eigenvalue weighted by atomic mass is 16.5. The van der Waals surface area contributed by atoms with Crippen LogP contribution in [0, 0.1) is 0 Å². The summed E-state index contributed by atoms with van der Waals surface area (Å²) in [6, 6.07) is 9.83. The summed E-state index contributed by atoms with van der Waals surface area (Å²) in [5.41, 5.74) is 0. The molecule has 1 saturated heterocycles. The average molecular weight is 245 g/mol. The largest absolute Gasteiger partial charge is 0.485 e. The molecular weight excluding hydrogens is 230 g/mol. The first kappa shape index (κ1) is 11.2. The summed E-state index contributed by atoms with van der Waals surface area (Å²) in [4.78, 5) is 4.34.